The van der Waals surface area contributed by atoms with E-state index in [0.717, 1.165) is 5.56 Å². The predicted molar refractivity (Wildman–Crippen MR) is 93.4 cm³/mol. The van der Waals surface area contributed by atoms with Crippen LogP contribution in [0, 0.1) is 6.92 Å². The highest BCUT2D eigenvalue weighted by atomic mass is 35.5. The van der Waals surface area contributed by atoms with E-state index < -0.39 is 11.4 Å². The van der Waals surface area contributed by atoms with Crippen molar-refractivity contribution in [3.8, 4) is 5.75 Å². The van der Waals surface area contributed by atoms with E-state index in [-0.39, 0.29) is 13.2 Å². The quantitative estimate of drug-likeness (QED) is 0.707. The lowest BCUT2D eigenvalue weighted by atomic mass is 10.1. The molecule has 0 spiro atoms. The van der Waals surface area contributed by atoms with Crippen molar-refractivity contribution in [3.63, 3.8) is 0 Å². The number of aromatic nitrogens is 1. The first kappa shape index (κ1) is 16.6. The van der Waals surface area contributed by atoms with Crippen LogP contribution in [0.1, 0.15) is 5.56 Å². The Bertz CT molecular complexity index is 1020. The van der Waals surface area contributed by atoms with E-state index in [1.54, 1.807) is 30.3 Å². The van der Waals surface area contributed by atoms with Gasteiger partial charge in [-0.15, -0.1) is 0 Å². The predicted octanol–water partition coefficient (Wildman–Crippen LogP) is 3.65. The summed E-state index contributed by atoms with van der Waals surface area (Å²) in [5.74, 6) is -0.293. The zero-order valence-electron chi connectivity index (χ0n) is 12.7. The number of fused-ring (bicyclic) bond motifs is 1. The molecule has 0 unspecified atom stereocenters. The SMILES string of the molecule is Cc1cccc2c(=O)oc(=O)n(CCOc3cccc(Cl)c3Cl)c12. The van der Waals surface area contributed by atoms with Gasteiger partial charge in [-0.25, -0.2) is 9.59 Å². The summed E-state index contributed by atoms with van der Waals surface area (Å²) in [6.45, 7) is 2.19. The maximum atomic E-state index is 12.1. The summed E-state index contributed by atoms with van der Waals surface area (Å²) in [5.41, 5.74) is 0.701. The Hall–Kier alpha value is -2.24. The van der Waals surface area contributed by atoms with Crippen molar-refractivity contribution in [3.05, 3.63) is 73.0 Å². The molecule has 0 fully saturated rings. The molecule has 124 valence electrons. The highest BCUT2D eigenvalue weighted by molar-refractivity contribution is 6.42. The van der Waals surface area contributed by atoms with Gasteiger partial charge in [-0.2, -0.15) is 0 Å². The van der Waals surface area contributed by atoms with E-state index in [1.807, 2.05) is 13.0 Å². The lowest BCUT2D eigenvalue weighted by Gasteiger charge is -2.12. The second kappa shape index (κ2) is 6.71. The van der Waals surface area contributed by atoms with Gasteiger partial charge in [0.05, 0.1) is 22.5 Å². The maximum absolute atomic E-state index is 12.1. The fraction of sp³-hybridized carbons (Fsp3) is 0.176. The normalized spacial score (nSPS) is 11.0. The minimum absolute atomic E-state index is 0.164. The Labute approximate surface area is 147 Å². The first-order valence-corrected chi connectivity index (χ1v) is 7.94. The van der Waals surface area contributed by atoms with Crippen LogP contribution in [-0.2, 0) is 6.54 Å². The summed E-state index contributed by atoms with van der Waals surface area (Å²) in [4.78, 5) is 23.9. The topological polar surface area (TPSA) is 61.4 Å². The average Bonchev–Trinajstić information content (AvgIpc) is 2.55. The summed E-state index contributed by atoms with van der Waals surface area (Å²) >= 11 is 12.0. The largest absolute Gasteiger partial charge is 0.490 e. The third kappa shape index (κ3) is 3.05. The zero-order chi connectivity index (χ0) is 17.3. The Balaban J connectivity index is 1.92. The number of hydrogen-bond donors (Lipinski definition) is 0. The van der Waals surface area contributed by atoms with Crippen LogP contribution in [0.15, 0.2) is 50.4 Å². The molecule has 0 amide bonds. The van der Waals surface area contributed by atoms with Crippen LogP contribution in [0.4, 0.5) is 0 Å². The van der Waals surface area contributed by atoms with Gasteiger partial charge in [0, 0.05) is 0 Å². The molecule has 0 N–H and O–H groups in total. The van der Waals surface area contributed by atoms with Gasteiger partial charge in [0.25, 0.3) is 0 Å². The van der Waals surface area contributed by atoms with Crippen molar-refractivity contribution < 1.29 is 9.15 Å². The maximum Gasteiger partial charge on any atom is 0.422 e. The standard InChI is InChI=1S/C17H13Cl2NO4/c1-10-4-2-5-11-15(10)20(17(22)24-16(11)21)8-9-23-13-7-3-6-12(18)14(13)19/h2-7H,8-9H2,1H3. The van der Waals surface area contributed by atoms with Gasteiger partial charge in [0.15, 0.2) is 0 Å². The number of ether oxygens (including phenoxy) is 1. The second-order valence-electron chi connectivity index (χ2n) is 5.18. The Morgan fingerprint density at radius 1 is 1.12 bits per heavy atom. The molecular formula is C17H13Cl2NO4. The van der Waals surface area contributed by atoms with E-state index in [0.29, 0.717) is 26.7 Å². The molecule has 0 aliphatic carbocycles. The number of aryl methyl sites for hydroxylation is 1. The van der Waals surface area contributed by atoms with Gasteiger partial charge >= 0.3 is 11.4 Å². The number of nitrogens with zero attached hydrogens (tertiary/aromatic N) is 1. The van der Waals surface area contributed by atoms with E-state index in [2.05, 4.69) is 0 Å². The smallest absolute Gasteiger partial charge is 0.422 e. The lowest BCUT2D eigenvalue weighted by Crippen LogP contribution is -2.27. The highest BCUT2D eigenvalue weighted by Gasteiger charge is 2.12. The molecule has 2 aromatic carbocycles. The lowest BCUT2D eigenvalue weighted by molar-refractivity contribution is 0.287. The number of hydrogen-bond acceptors (Lipinski definition) is 4. The molecule has 7 heteroatoms. The molecule has 1 aromatic heterocycles. The fourth-order valence-corrected chi connectivity index (χ4v) is 2.85. The van der Waals surface area contributed by atoms with E-state index in [1.165, 1.54) is 4.57 Å². The van der Waals surface area contributed by atoms with Crippen LogP contribution < -0.4 is 16.1 Å². The number of rotatable bonds is 4. The van der Waals surface area contributed by atoms with Crippen molar-refractivity contribution in [2.75, 3.05) is 6.61 Å². The monoisotopic (exact) mass is 365 g/mol. The third-order valence-corrected chi connectivity index (χ3v) is 4.42. The molecule has 0 bridgehead atoms. The molecular weight excluding hydrogens is 353 g/mol. The Morgan fingerprint density at radius 2 is 1.88 bits per heavy atom. The molecule has 0 aliphatic heterocycles. The zero-order valence-corrected chi connectivity index (χ0v) is 14.2. The fourth-order valence-electron chi connectivity index (χ4n) is 2.51. The minimum Gasteiger partial charge on any atom is -0.490 e. The summed E-state index contributed by atoms with van der Waals surface area (Å²) in [6, 6.07) is 10.3. The van der Waals surface area contributed by atoms with Crippen molar-refractivity contribution in [1.29, 1.82) is 0 Å². The van der Waals surface area contributed by atoms with E-state index in [9.17, 15) is 9.59 Å². The number of para-hydroxylation sites is 1. The van der Waals surface area contributed by atoms with Crippen molar-refractivity contribution >= 4 is 34.1 Å². The van der Waals surface area contributed by atoms with Gasteiger partial charge in [0.1, 0.15) is 17.4 Å². The average molecular weight is 366 g/mol. The van der Waals surface area contributed by atoms with Crippen LogP contribution in [0.3, 0.4) is 0 Å². The Morgan fingerprint density at radius 3 is 2.67 bits per heavy atom. The van der Waals surface area contributed by atoms with Crippen molar-refractivity contribution in [2.24, 2.45) is 0 Å². The molecule has 5 nitrogen and oxygen atoms in total. The number of halogens is 2. The molecule has 24 heavy (non-hydrogen) atoms. The van der Waals surface area contributed by atoms with Crippen LogP contribution >= 0.6 is 23.2 Å². The second-order valence-corrected chi connectivity index (χ2v) is 5.96. The Kier molecular flexibility index (Phi) is 4.64. The first-order chi connectivity index (χ1) is 11.5. The third-order valence-electron chi connectivity index (χ3n) is 3.62. The van der Waals surface area contributed by atoms with Crippen LogP contribution in [0.25, 0.3) is 10.9 Å². The van der Waals surface area contributed by atoms with Crippen LogP contribution in [0.5, 0.6) is 5.75 Å². The summed E-state index contributed by atoms with van der Waals surface area (Å²) in [7, 11) is 0. The van der Waals surface area contributed by atoms with Gasteiger partial charge in [0.2, 0.25) is 0 Å². The molecule has 0 saturated carbocycles. The summed E-state index contributed by atoms with van der Waals surface area (Å²) in [5, 5.41) is 1.06. The van der Waals surface area contributed by atoms with Gasteiger partial charge < -0.3 is 9.15 Å². The molecule has 0 saturated heterocycles. The molecule has 1 heterocycles. The van der Waals surface area contributed by atoms with E-state index >= 15 is 0 Å². The van der Waals surface area contributed by atoms with Gasteiger partial charge in [-0.3, -0.25) is 4.57 Å². The first-order valence-electron chi connectivity index (χ1n) is 7.19. The number of benzene rings is 2. The van der Waals surface area contributed by atoms with Crippen molar-refractivity contribution in [1.82, 2.24) is 4.57 Å². The van der Waals surface area contributed by atoms with Crippen LogP contribution in [0.2, 0.25) is 10.0 Å². The molecule has 3 rings (SSSR count). The summed E-state index contributed by atoms with van der Waals surface area (Å²) in [6.07, 6.45) is 0. The molecule has 0 atom stereocenters. The van der Waals surface area contributed by atoms with Crippen molar-refractivity contribution in [2.45, 2.75) is 13.5 Å². The highest BCUT2D eigenvalue weighted by Crippen LogP contribution is 2.31. The van der Waals surface area contributed by atoms with Crippen LogP contribution in [-0.4, -0.2) is 11.2 Å². The van der Waals surface area contributed by atoms with E-state index in [4.69, 9.17) is 32.4 Å². The van der Waals surface area contributed by atoms with Gasteiger partial charge in [-0.05, 0) is 30.7 Å². The molecule has 3 aromatic rings. The molecule has 0 aliphatic rings. The summed E-state index contributed by atoms with van der Waals surface area (Å²) < 4.78 is 11.8. The molecule has 0 radical (unpaired) electrons. The minimum atomic E-state index is -0.720. The van der Waals surface area contributed by atoms with Gasteiger partial charge in [-0.1, -0.05) is 41.4 Å².